The summed E-state index contributed by atoms with van der Waals surface area (Å²) in [4.78, 5) is 13.8. The molecule has 0 aliphatic carbocycles. The van der Waals surface area contributed by atoms with Crippen LogP contribution in [0, 0.1) is 11.8 Å². The van der Waals surface area contributed by atoms with Crippen molar-refractivity contribution in [3.05, 3.63) is 71.8 Å². The molecule has 2 aromatic carbocycles. The predicted octanol–water partition coefficient (Wildman–Crippen LogP) is 3.06. The van der Waals surface area contributed by atoms with Crippen LogP contribution < -0.4 is 0 Å². The number of carbonyl (C=O) groups is 1. The average molecular weight is 295 g/mol. The van der Waals surface area contributed by atoms with E-state index in [0.717, 1.165) is 19.5 Å². The maximum atomic E-state index is 11.6. The standard InChI is InChI=1S/C19H21NO2/c21-19(22)18-14-20(12-16-9-5-2-6-10-16)13-17(18)11-15-7-3-1-4-8-15/h1-10,17-18H,11-14H2,(H,21,22)/t17?,18-/m1/s1. The van der Waals surface area contributed by atoms with E-state index in [1.807, 2.05) is 36.4 Å². The number of likely N-dealkylation sites (tertiary alicyclic amines) is 1. The van der Waals surface area contributed by atoms with E-state index in [1.54, 1.807) is 0 Å². The van der Waals surface area contributed by atoms with Gasteiger partial charge in [-0.25, -0.2) is 0 Å². The first kappa shape index (κ1) is 14.8. The van der Waals surface area contributed by atoms with E-state index < -0.39 is 5.97 Å². The third-order valence-corrected chi connectivity index (χ3v) is 4.42. The number of rotatable bonds is 5. The van der Waals surface area contributed by atoms with E-state index in [1.165, 1.54) is 11.1 Å². The van der Waals surface area contributed by atoms with Crippen molar-refractivity contribution >= 4 is 5.97 Å². The molecule has 1 saturated heterocycles. The van der Waals surface area contributed by atoms with Gasteiger partial charge in [-0.3, -0.25) is 9.69 Å². The van der Waals surface area contributed by atoms with Gasteiger partial charge >= 0.3 is 5.97 Å². The minimum absolute atomic E-state index is 0.184. The van der Waals surface area contributed by atoms with Gasteiger partial charge in [0.25, 0.3) is 0 Å². The molecule has 0 amide bonds. The number of carboxylic acid groups (broad SMARTS) is 1. The number of carboxylic acids is 1. The van der Waals surface area contributed by atoms with Crippen molar-refractivity contribution in [1.29, 1.82) is 0 Å². The van der Waals surface area contributed by atoms with E-state index in [9.17, 15) is 9.90 Å². The van der Waals surface area contributed by atoms with Crippen LogP contribution in [0.25, 0.3) is 0 Å². The lowest BCUT2D eigenvalue weighted by Crippen LogP contribution is -2.24. The molecule has 1 N–H and O–H groups in total. The summed E-state index contributed by atoms with van der Waals surface area (Å²) in [5.41, 5.74) is 2.47. The van der Waals surface area contributed by atoms with Crippen molar-refractivity contribution in [3.8, 4) is 0 Å². The lowest BCUT2D eigenvalue weighted by Gasteiger charge is -2.16. The summed E-state index contributed by atoms with van der Waals surface area (Å²) in [7, 11) is 0. The highest BCUT2D eigenvalue weighted by Gasteiger charge is 2.37. The third kappa shape index (κ3) is 3.55. The maximum absolute atomic E-state index is 11.6. The van der Waals surface area contributed by atoms with Crippen LogP contribution in [0.1, 0.15) is 11.1 Å². The number of benzene rings is 2. The van der Waals surface area contributed by atoms with Crippen molar-refractivity contribution < 1.29 is 9.90 Å². The summed E-state index contributed by atoms with van der Waals surface area (Å²) < 4.78 is 0. The van der Waals surface area contributed by atoms with Crippen LogP contribution in [0.3, 0.4) is 0 Å². The van der Waals surface area contributed by atoms with Crippen molar-refractivity contribution in [1.82, 2.24) is 4.90 Å². The fraction of sp³-hybridized carbons (Fsp3) is 0.316. The van der Waals surface area contributed by atoms with Gasteiger partial charge in [-0.15, -0.1) is 0 Å². The zero-order valence-electron chi connectivity index (χ0n) is 12.6. The molecule has 3 nitrogen and oxygen atoms in total. The molecule has 2 aromatic rings. The summed E-state index contributed by atoms with van der Waals surface area (Å²) in [6.07, 6.45) is 0.836. The maximum Gasteiger partial charge on any atom is 0.308 e. The predicted molar refractivity (Wildman–Crippen MR) is 86.5 cm³/mol. The van der Waals surface area contributed by atoms with Gasteiger partial charge in [-0.2, -0.15) is 0 Å². The zero-order valence-corrected chi connectivity index (χ0v) is 12.6. The molecule has 3 rings (SSSR count). The van der Waals surface area contributed by atoms with Gasteiger partial charge < -0.3 is 5.11 Å². The van der Waals surface area contributed by atoms with Gasteiger partial charge in [0, 0.05) is 19.6 Å². The van der Waals surface area contributed by atoms with E-state index in [2.05, 4.69) is 29.2 Å². The largest absolute Gasteiger partial charge is 0.481 e. The minimum Gasteiger partial charge on any atom is -0.481 e. The summed E-state index contributed by atoms with van der Waals surface area (Å²) in [6.45, 7) is 2.32. The molecule has 0 spiro atoms. The monoisotopic (exact) mass is 295 g/mol. The SMILES string of the molecule is O=C(O)[C@@H]1CN(Cc2ccccc2)CC1Cc1ccccc1. The summed E-state index contributed by atoms with van der Waals surface area (Å²) in [5.74, 6) is -0.760. The molecule has 22 heavy (non-hydrogen) atoms. The zero-order chi connectivity index (χ0) is 15.4. The quantitative estimate of drug-likeness (QED) is 0.921. The lowest BCUT2D eigenvalue weighted by atomic mass is 9.90. The molecule has 1 aliphatic rings. The van der Waals surface area contributed by atoms with E-state index >= 15 is 0 Å². The Kier molecular flexibility index (Phi) is 4.54. The second kappa shape index (κ2) is 6.75. The van der Waals surface area contributed by atoms with Crippen LogP contribution in [0.15, 0.2) is 60.7 Å². The molecule has 0 aromatic heterocycles. The van der Waals surface area contributed by atoms with Gasteiger partial charge in [0.2, 0.25) is 0 Å². The normalized spacial score (nSPS) is 21.8. The molecular weight excluding hydrogens is 274 g/mol. The smallest absolute Gasteiger partial charge is 0.308 e. The highest BCUT2D eigenvalue weighted by atomic mass is 16.4. The van der Waals surface area contributed by atoms with Crippen LogP contribution in [-0.4, -0.2) is 29.1 Å². The van der Waals surface area contributed by atoms with Crippen molar-refractivity contribution in [3.63, 3.8) is 0 Å². The molecule has 1 aliphatic heterocycles. The lowest BCUT2D eigenvalue weighted by molar-refractivity contribution is -0.142. The minimum atomic E-state index is -0.670. The van der Waals surface area contributed by atoms with Crippen molar-refractivity contribution in [2.75, 3.05) is 13.1 Å². The Morgan fingerprint density at radius 3 is 2.14 bits per heavy atom. The highest BCUT2D eigenvalue weighted by molar-refractivity contribution is 5.71. The first-order chi connectivity index (χ1) is 10.7. The molecule has 2 atom stereocenters. The van der Waals surface area contributed by atoms with Gasteiger partial charge in [0.05, 0.1) is 5.92 Å². The first-order valence-corrected chi connectivity index (χ1v) is 7.75. The second-order valence-electron chi connectivity index (χ2n) is 6.07. The van der Waals surface area contributed by atoms with E-state index in [0.29, 0.717) is 6.54 Å². The molecule has 3 heteroatoms. The molecule has 1 heterocycles. The Hall–Kier alpha value is -2.13. The molecule has 0 bridgehead atoms. The second-order valence-corrected chi connectivity index (χ2v) is 6.07. The molecule has 0 saturated carbocycles. The fourth-order valence-corrected chi connectivity index (χ4v) is 3.33. The van der Waals surface area contributed by atoms with Crippen LogP contribution >= 0.6 is 0 Å². The van der Waals surface area contributed by atoms with Crippen molar-refractivity contribution in [2.24, 2.45) is 11.8 Å². The number of nitrogens with zero attached hydrogens (tertiary/aromatic N) is 1. The van der Waals surface area contributed by atoms with E-state index in [4.69, 9.17) is 0 Å². The van der Waals surface area contributed by atoms with Crippen LogP contribution in [0.2, 0.25) is 0 Å². The number of hydrogen-bond acceptors (Lipinski definition) is 2. The van der Waals surface area contributed by atoms with Crippen LogP contribution in [0.5, 0.6) is 0 Å². The molecule has 1 unspecified atom stereocenters. The fourth-order valence-electron chi connectivity index (χ4n) is 3.33. The Balaban J connectivity index is 1.68. The summed E-state index contributed by atoms with van der Waals surface area (Å²) in [6, 6.07) is 20.4. The summed E-state index contributed by atoms with van der Waals surface area (Å²) >= 11 is 0. The van der Waals surface area contributed by atoms with Gasteiger partial charge in [0.1, 0.15) is 0 Å². The highest BCUT2D eigenvalue weighted by Crippen LogP contribution is 2.28. The number of hydrogen-bond donors (Lipinski definition) is 1. The first-order valence-electron chi connectivity index (χ1n) is 7.75. The van der Waals surface area contributed by atoms with Gasteiger partial charge in [-0.05, 0) is 23.5 Å². The number of aliphatic carboxylic acids is 1. The third-order valence-electron chi connectivity index (χ3n) is 4.42. The topological polar surface area (TPSA) is 40.5 Å². The Bertz CT molecular complexity index is 612. The molecular formula is C19H21NO2. The summed E-state index contributed by atoms with van der Waals surface area (Å²) in [5, 5.41) is 9.52. The van der Waals surface area contributed by atoms with Crippen LogP contribution in [0.4, 0.5) is 0 Å². The van der Waals surface area contributed by atoms with Crippen LogP contribution in [-0.2, 0) is 17.8 Å². The molecule has 1 fully saturated rings. The molecule has 114 valence electrons. The Labute approximate surface area is 131 Å². The van der Waals surface area contributed by atoms with Gasteiger partial charge in [-0.1, -0.05) is 60.7 Å². The van der Waals surface area contributed by atoms with Crippen molar-refractivity contribution in [2.45, 2.75) is 13.0 Å². The molecule has 0 radical (unpaired) electrons. The Morgan fingerprint density at radius 1 is 0.955 bits per heavy atom. The van der Waals surface area contributed by atoms with E-state index in [-0.39, 0.29) is 11.8 Å². The Morgan fingerprint density at radius 2 is 1.55 bits per heavy atom. The average Bonchev–Trinajstić information content (AvgIpc) is 2.92. The van der Waals surface area contributed by atoms with Gasteiger partial charge in [0.15, 0.2) is 0 Å².